The zero-order chi connectivity index (χ0) is 14.5. The van der Waals surface area contributed by atoms with E-state index in [-0.39, 0.29) is 15.8 Å². The molecule has 1 aliphatic carbocycles. The Morgan fingerprint density at radius 2 is 1.95 bits per heavy atom. The van der Waals surface area contributed by atoms with Gasteiger partial charge < -0.3 is 10.1 Å². The molecule has 0 radical (unpaired) electrons. The number of benzene rings is 1. The van der Waals surface area contributed by atoms with Crippen LogP contribution >= 0.6 is 23.2 Å². The van der Waals surface area contributed by atoms with Crippen molar-refractivity contribution in [1.82, 2.24) is 0 Å². The highest BCUT2D eigenvalue weighted by molar-refractivity contribution is 6.37. The Morgan fingerprint density at radius 1 is 1.25 bits per heavy atom. The molecule has 0 heterocycles. The van der Waals surface area contributed by atoms with Crippen LogP contribution in [-0.4, -0.2) is 13.2 Å². The molecule has 0 amide bonds. The highest BCUT2D eigenvalue weighted by Gasteiger charge is 2.15. The zero-order valence-corrected chi connectivity index (χ0v) is 12.2. The second-order valence-electron chi connectivity index (χ2n) is 4.68. The smallest absolute Gasteiger partial charge is 0.387 e. The predicted molar refractivity (Wildman–Crippen MR) is 78.1 cm³/mol. The molecule has 1 unspecified atom stereocenters. The molecule has 20 heavy (non-hydrogen) atoms. The molecule has 1 aromatic carbocycles. The Kier molecular flexibility index (Phi) is 5.49. The lowest BCUT2D eigenvalue weighted by Crippen LogP contribution is -2.15. The molecular formula is C14H15Cl2F2NO. The number of alkyl halides is 2. The lowest BCUT2D eigenvalue weighted by atomic mass is 9.94. The van der Waals surface area contributed by atoms with Crippen LogP contribution in [0.3, 0.4) is 0 Å². The largest absolute Gasteiger partial charge is 0.432 e. The minimum absolute atomic E-state index is 0.0730. The maximum absolute atomic E-state index is 12.2. The van der Waals surface area contributed by atoms with Gasteiger partial charge in [-0.25, -0.2) is 0 Å². The van der Waals surface area contributed by atoms with Gasteiger partial charge in [-0.15, -0.1) is 0 Å². The normalized spacial score (nSPS) is 18.4. The fourth-order valence-corrected chi connectivity index (χ4v) is 2.74. The average molecular weight is 322 g/mol. The van der Waals surface area contributed by atoms with Gasteiger partial charge in [0.05, 0.1) is 10.0 Å². The van der Waals surface area contributed by atoms with Crippen molar-refractivity contribution in [3.05, 3.63) is 34.3 Å². The molecule has 0 saturated heterocycles. The van der Waals surface area contributed by atoms with Crippen LogP contribution in [0.4, 0.5) is 14.5 Å². The lowest BCUT2D eigenvalue weighted by molar-refractivity contribution is -0.0497. The lowest BCUT2D eigenvalue weighted by Gasteiger charge is -2.19. The summed E-state index contributed by atoms with van der Waals surface area (Å²) in [4.78, 5) is 0. The first kappa shape index (κ1) is 15.4. The molecule has 6 heteroatoms. The van der Waals surface area contributed by atoms with E-state index in [0.29, 0.717) is 11.6 Å². The van der Waals surface area contributed by atoms with Gasteiger partial charge in [0.15, 0.2) is 5.75 Å². The molecule has 0 saturated carbocycles. The third kappa shape index (κ3) is 4.25. The van der Waals surface area contributed by atoms with Gasteiger partial charge in [-0.2, -0.15) is 8.78 Å². The van der Waals surface area contributed by atoms with Gasteiger partial charge in [0, 0.05) is 12.2 Å². The Labute approximate surface area is 126 Å². The average Bonchev–Trinajstić information content (AvgIpc) is 2.41. The molecule has 2 rings (SSSR count). The highest BCUT2D eigenvalue weighted by atomic mass is 35.5. The van der Waals surface area contributed by atoms with Crippen molar-refractivity contribution in [1.29, 1.82) is 0 Å². The SMILES string of the molecule is FC(F)Oc1c(Cl)cc(NCC2CC=CCC2)cc1Cl. The van der Waals surface area contributed by atoms with E-state index in [1.807, 2.05) is 0 Å². The molecule has 1 N–H and O–H groups in total. The van der Waals surface area contributed by atoms with Crippen LogP contribution in [0.2, 0.25) is 10.0 Å². The van der Waals surface area contributed by atoms with Gasteiger partial charge in [-0.1, -0.05) is 35.4 Å². The number of rotatable bonds is 5. The summed E-state index contributed by atoms with van der Waals surface area (Å²) in [6.07, 6.45) is 7.63. The Balaban J connectivity index is 2.00. The van der Waals surface area contributed by atoms with E-state index < -0.39 is 6.61 Å². The van der Waals surface area contributed by atoms with Crippen molar-refractivity contribution < 1.29 is 13.5 Å². The Morgan fingerprint density at radius 3 is 2.50 bits per heavy atom. The maximum atomic E-state index is 12.2. The molecular weight excluding hydrogens is 307 g/mol. The minimum Gasteiger partial charge on any atom is -0.432 e. The summed E-state index contributed by atoms with van der Waals surface area (Å²) in [5, 5.41) is 3.38. The molecule has 0 spiro atoms. The van der Waals surface area contributed by atoms with Crippen LogP contribution in [0.15, 0.2) is 24.3 Å². The zero-order valence-electron chi connectivity index (χ0n) is 10.7. The van der Waals surface area contributed by atoms with E-state index >= 15 is 0 Å². The van der Waals surface area contributed by atoms with Crippen LogP contribution in [0.1, 0.15) is 19.3 Å². The van der Waals surface area contributed by atoms with Crippen LogP contribution in [0.25, 0.3) is 0 Å². The number of hydrogen-bond acceptors (Lipinski definition) is 2. The minimum atomic E-state index is -2.95. The standard InChI is InChI=1S/C14H15Cl2F2NO/c15-11-6-10(7-12(16)13(11)20-14(17)18)19-8-9-4-2-1-3-5-9/h1-2,6-7,9,14,19H,3-5,8H2. The molecule has 2 nitrogen and oxygen atoms in total. The van der Waals surface area contributed by atoms with E-state index in [1.165, 1.54) is 0 Å². The molecule has 0 fully saturated rings. The molecule has 0 aliphatic heterocycles. The molecule has 0 aromatic heterocycles. The predicted octanol–water partition coefficient (Wildman–Crippen LogP) is 5.36. The first-order valence-corrected chi connectivity index (χ1v) is 7.14. The highest BCUT2D eigenvalue weighted by Crippen LogP contribution is 2.37. The first-order valence-electron chi connectivity index (χ1n) is 6.39. The Bertz CT molecular complexity index is 471. The van der Waals surface area contributed by atoms with Crippen molar-refractivity contribution >= 4 is 28.9 Å². The molecule has 1 aliphatic rings. The van der Waals surface area contributed by atoms with Crippen molar-refractivity contribution in [3.8, 4) is 5.75 Å². The summed E-state index contributed by atoms with van der Waals surface area (Å²) in [7, 11) is 0. The number of anilines is 1. The van der Waals surface area contributed by atoms with Gasteiger partial charge >= 0.3 is 6.61 Å². The summed E-state index contributed by atoms with van der Waals surface area (Å²) in [6, 6.07) is 3.09. The fraction of sp³-hybridized carbons (Fsp3) is 0.429. The monoisotopic (exact) mass is 321 g/mol. The van der Waals surface area contributed by atoms with Crippen molar-refractivity contribution in [3.63, 3.8) is 0 Å². The van der Waals surface area contributed by atoms with Gasteiger partial charge in [0.25, 0.3) is 0 Å². The van der Waals surface area contributed by atoms with Gasteiger partial charge in [0.1, 0.15) is 0 Å². The molecule has 1 atom stereocenters. The summed E-state index contributed by atoms with van der Waals surface area (Å²) in [6.45, 7) is -2.15. The molecule has 1 aromatic rings. The number of nitrogens with one attached hydrogen (secondary N) is 1. The number of halogens is 4. The third-order valence-corrected chi connectivity index (χ3v) is 3.74. The topological polar surface area (TPSA) is 21.3 Å². The molecule has 110 valence electrons. The van der Waals surface area contributed by atoms with E-state index in [9.17, 15) is 8.78 Å². The fourth-order valence-electron chi connectivity index (χ4n) is 2.17. The van der Waals surface area contributed by atoms with E-state index in [1.54, 1.807) is 12.1 Å². The number of hydrogen-bond donors (Lipinski definition) is 1. The summed E-state index contributed by atoms with van der Waals surface area (Å²) in [5.41, 5.74) is 0.705. The van der Waals surface area contributed by atoms with E-state index in [4.69, 9.17) is 23.2 Å². The second-order valence-corrected chi connectivity index (χ2v) is 5.49. The quantitative estimate of drug-likeness (QED) is 0.737. The summed E-state index contributed by atoms with van der Waals surface area (Å²) < 4.78 is 28.7. The number of ether oxygens (including phenoxy) is 1. The number of allylic oxidation sites excluding steroid dienone is 2. The van der Waals surface area contributed by atoms with Gasteiger partial charge in [-0.05, 0) is 37.3 Å². The van der Waals surface area contributed by atoms with Crippen LogP contribution < -0.4 is 10.1 Å². The van der Waals surface area contributed by atoms with Crippen molar-refractivity contribution in [2.45, 2.75) is 25.9 Å². The van der Waals surface area contributed by atoms with Gasteiger partial charge in [-0.3, -0.25) is 0 Å². The van der Waals surface area contributed by atoms with Crippen LogP contribution in [-0.2, 0) is 0 Å². The maximum Gasteiger partial charge on any atom is 0.387 e. The summed E-state index contributed by atoms with van der Waals surface area (Å²) >= 11 is 11.8. The van der Waals surface area contributed by atoms with Crippen molar-refractivity contribution in [2.24, 2.45) is 5.92 Å². The van der Waals surface area contributed by atoms with Gasteiger partial charge in [0.2, 0.25) is 0 Å². The molecule has 0 bridgehead atoms. The van der Waals surface area contributed by atoms with Crippen molar-refractivity contribution in [2.75, 3.05) is 11.9 Å². The van der Waals surface area contributed by atoms with E-state index in [0.717, 1.165) is 25.8 Å². The third-order valence-electron chi connectivity index (χ3n) is 3.18. The first-order chi connectivity index (χ1) is 9.56. The Hall–Kier alpha value is -1.00. The van der Waals surface area contributed by atoms with E-state index in [2.05, 4.69) is 22.2 Å². The summed E-state index contributed by atoms with van der Waals surface area (Å²) in [5.74, 6) is 0.379. The van der Waals surface area contributed by atoms with Crippen LogP contribution in [0, 0.1) is 5.92 Å². The van der Waals surface area contributed by atoms with Crippen LogP contribution in [0.5, 0.6) is 5.75 Å². The second kappa shape index (κ2) is 7.14.